The number of aromatic nitrogens is 3. The van der Waals surface area contributed by atoms with Crippen molar-refractivity contribution < 1.29 is 4.79 Å². The zero-order chi connectivity index (χ0) is 17.1. The highest BCUT2D eigenvalue weighted by Crippen LogP contribution is 2.17. The SMILES string of the molecule is CC(=O)NCc1cc2n(n1)CCN(Cc1ccc(N(C)C)nc1)C2. The topological polar surface area (TPSA) is 66.3 Å². The van der Waals surface area contributed by atoms with E-state index in [1.54, 1.807) is 0 Å². The first-order valence-corrected chi connectivity index (χ1v) is 8.16. The van der Waals surface area contributed by atoms with Gasteiger partial charge in [0.1, 0.15) is 5.82 Å². The fourth-order valence-corrected chi connectivity index (χ4v) is 2.85. The molecule has 0 unspecified atom stereocenters. The molecule has 0 spiro atoms. The molecule has 3 heterocycles. The van der Waals surface area contributed by atoms with Gasteiger partial charge in [0.05, 0.1) is 24.5 Å². The second-order valence-corrected chi connectivity index (χ2v) is 6.39. The van der Waals surface area contributed by atoms with Crippen LogP contribution in [0.2, 0.25) is 0 Å². The number of pyridine rings is 1. The molecule has 2 aromatic heterocycles. The number of amides is 1. The summed E-state index contributed by atoms with van der Waals surface area (Å²) in [6, 6.07) is 6.26. The minimum atomic E-state index is -0.0312. The van der Waals surface area contributed by atoms with E-state index in [-0.39, 0.29) is 5.91 Å². The van der Waals surface area contributed by atoms with Crippen LogP contribution in [0.5, 0.6) is 0 Å². The van der Waals surface area contributed by atoms with E-state index in [2.05, 4.69) is 38.5 Å². The summed E-state index contributed by atoms with van der Waals surface area (Å²) in [7, 11) is 3.98. The van der Waals surface area contributed by atoms with E-state index in [0.717, 1.165) is 37.7 Å². The van der Waals surface area contributed by atoms with Gasteiger partial charge in [-0.1, -0.05) is 6.07 Å². The molecule has 1 N–H and O–H groups in total. The van der Waals surface area contributed by atoms with Crippen LogP contribution in [-0.4, -0.2) is 46.2 Å². The van der Waals surface area contributed by atoms with Crippen LogP contribution in [0.4, 0.5) is 5.82 Å². The van der Waals surface area contributed by atoms with E-state index < -0.39 is 0 Å². The molecule has 0 atom stereocenters. The maximum Gasteiger partial charge on any atom is 0.217 e. The average molecular weight is 328 g/mol. The second kappa shape index (κ2) is 7.00. The Kier molecular flexibility index (Phi) is 4.80. The molecule has 0 bridgehead atoms. The minimum Gasteiger partial charge on any atom is -0.363 e. The van der Waals surface area contributed by atoms with Gasteiger partial charge < -0.3 is 10.2 Å². The molecule has 24 heavy (non-hydrogen) atoms. The highest BCUT2D eigenvalue weighted by molar-refractivity contribution is 5.72. The molecule has 128 valence electrons. The third-order valence-corrected chi connectivity index (χ3v) is 4.12. The van der Waals surface area contributed by atoms with Crippen molar-refractivity contribution in [3.8, 4) is 0 Å². The Labute approximate surface area is 142 Å². The first-order valence-electron chi connectivity index (χ1n) is 8.16. The maximum atomic E-state index is 11.0. The van der Waals surface area contributed by atoms with Crippen LogP contribution < -0.4 is 10.2 Å². The number of anilines is 1. The molecule has 0 aromatic carbocycles. The molecular formula is C17H24N6O. The van der Waals surface area contributed by atoms with Crippen molar-refractivity contribution >= 4 is 11.7 Å². The zero-order valence-electron chi connectivity index (χ0n) is 14.5. The summed E-state index contributed by atoms with van der Waals surface area (Å²) in [5, 5.41) is 7.35. The number of nitrogens with one attached hydrogen (secondary N) is 1. The summed E-state index contributed by atoms with van der Waals surface area (Å²) in [4.78, 5) is 19.9. The Morgan fingerprint density at radius 3 is 2.83 bits per heavy atom. The number of hydrogen-bond donors (Lipinski definition) is 1. The molecule has 0 saturated carbocycles. The van der Waals surface area contributed by atoms with Gasteiger partial charge in [0.2, 0.25) is 5.91 Å². The van der Waals surface area contributed by atoms with Crippen molar-refractivity contribution in [3.05, 3.63) is 41.3 Å². The summed E-state index contributed by atoms with van der Waals surface area (Å²) in [6.45, 7) is 5.59. The lowest BCUT2D eigenvalue weighted by Crippen LogP contribution is -2.33. The Morgan fingerprint density at radius 1 is 1.33 bits per heavy atom. The first-order chi connectivity index (χ1) is 11.5. The fourth-order valence-electron chi connectivity index (χ4n) is 2.85. The largest absolute Gasteiger partial charge is 0.363 e. The predicted octanol–water partition coefficient (Wildman–Crippen LogP) is 0.996. The van der Waals surface area contributed by atoms with Crippen LogP contribution in [0.1, 0.15) is 23.9 Å². The van der Waals surface area contributed by atoms with Crippen molar-refractivity contribution in [2.75, 3.05) is 25.5 Å². The second-order valence-electron chi connectivity index (χ2n) is 6.39. The normalized spacial score (nSPS) is 14.3. The Hall–Kier alpha value is -2.41. The predicted molar refractivity (Wildman–Crippen MR) is 92.4 cm³/mol. The average Bonchev–Trinajstić information content (AvgIpc) is 2.95. The Bertz CT molecular complexity index is 706. The van der Waals surface area contributed by atoms with Gasteiger partial charge in [0.15, 0.2) is 0 Å². The van der Waals surface area contributed by atoms with E-state index in [1.165, 1.54) is 18.2 Å². The third-order valence-electron chi connectivity index (χ3n) is 4.12. The van der Waals surface area contributed by atoms with Crippen LogP contribution in [0.15, 0.2) is 24.4 Å². The quantitative estimate of drug-likeness (QED) is 0.887. The van der Waals surface area contributed by atoms with Gasteiger partial charge >= 0.3 is 0 Å². The van der Waals surface area contributed by atoms with Gasteiger partial charge in [-0.15, -0.1) is 0 Å². The van der Waals surface area contributed by atoms with Gasteiger partial charge in [-0.2, -0.15) is 5.10 Å². The van der Waals surface area contributed by atoms with Gasteiger partial charge in [0.25, 0.3) is 0 Å². The Morgan fingerprint density at radius 2 is 2.17 bits per heavy atom. The molecule has 0 radical (unpaired) electrons. The standard InChI is InChI=1S/C17H24N6O/c1-13(24)18-10-15-8-16-12-22(6-7-23(16)20-15)11-14-4-5-17(19-9-14)21(2)3/h4-5,8-9H,6-7,10-12H2,1-3H3,(H,18,24). The number of rotatable bonds is 5. The monoisotopic (exact) mass is 328 g/mol. The highest BCUT2D eigenvalue weighted by Gasteiger charge is 2.18. The third kappa shape index (κ3) is 3.91. The lowest BCUT2D eigenvalue weighted by molar-refractivity contribution is -0.119. The zero-order valence-corrected chi connectivity index (χ0v) is 14.5. The minimum absolute atomic E-state index is 0.0312. The molecule has 1 amide bonds. The number of carbonyl (C=O) groups excluding carboxylic acids is 1. The summed E-state index contributed by atoms with van der Waals surface area (Å²) in [6.07, 6.45) is 1.95. The van der Waals surface area contributed by atoms with Crippen molar-refractivity contribution in [2.24, 2.45) is 0 Å². The van der Waals surface area contributed by atoms with Gasteiger partial charge in [-0.05, 0) is 17.7 Å². The highest BCUT2D eigenvalue weighted by atomic mass is 16.1. The van der Waals surface area contributed by atoms with E-state index in [9.17, 15) is 4.79 Å². The van der Waals surface area contributed by atoms with E-state index in [0.29, 0.717) is 6.54 Å². The van der Waals surface area contributed by atoms with Gasteiger partial charge in [0, 0.05) is 46.9 Å². The number of hydrogen-bond acceptors (Lipinski definition) is 5. The van der Waals surface area contributed by atoms with Crippen molar-refractivity contribution in [3.63, 3.8) is 0 Å². The summed E-state index contributed by atoms with van der Waals surface area (Å²) in [5.74, 6) is 0.939. The smallest absolute Gasteiger partial charge is 0.217 e. The summed E-state index contributed by atoms with van der Waals surface area (Å²) in [5.41, 5.74) is 3.32. The molecule has 1 aliphatic heterocycles. The lowest BCUT2D eigenvalue weighted by atomic mass is 10.2. The molecule has 0 aliphatic carbocycles. The van der Waals surface area contributed by atoms with Crippen molar-refractivity contribution in [2.45, 2.75) is 33.1 Å². The van der Waals surface area contributed by atoms with Crippen molar-refractivity contribution in [1.82, 2.24) is 25.0 Å². The molecule has 7 nitrogen and oxygen atoms in total. The van der Waals surface area contributed by atoms with Crippen LogP contribution >= 0.6 is 0 Å². The molecule has 1 aliphatic rings. The van der Waals surface area contributed by atoms with Crippen molar-refractivity contribution in [1.29, 1.82) is 0 Å². The Balaban J connectivity index is 1.61. The fraction of sp³-hybridized carbons (Fsp3) is 0.471. The van der Waals surface area contributed by atoms with Crippen LogP contribution in [-0.2, 0) is 31.0 Å². The molecule has 3 rings (SSSR count). The van der Waals surface area contributed by atoms with E-state index >= 15 is 0 Å². The van der Waals surface area contributed by atoms with Crippen LogP contribution in [0, 0.1) is 0 Å². The lowest BCUT2D eigenvalue weighted by Gasteiger charge is -2.27. The van der Waals surface area contributed by atoms with E-state index in [1.807, 2.05) is 29.9 Å². The first kappa shape index (κ1) is 16.4. The molecular weight excluding hydrogens is 304 g/mol. The molecule has 7 heteroatoms. The molecule has 0 saturated heterocycles. The summed E-state index contributed by atoms with van der Waals surface area (Å²) < 4.78 is 2.04. The van der Waals surface area contributed by atoms with Crippen LogP contribution in [0.3, 0.4) is 0 Å². The van der Waals surface area contributed by atoms with E-state index in [4.69, 9.17) is 0 Å². The molecule has 0 fully saturated rings. The number of nitrogens with zero attached hydrogens (tertiary/aromatic N) is 5. The molecule has 2 aromatic rings. The number of fused-ring (bicyclic) bond motifs is 1. The van der Waals surface area contributed by atoms with Gasteiger partial charge in [-0.3, -0.25) is 14.4 Å². The number of carbonyl (C=O) groups is 1. The van der Waals surface area contributed by atoms with Gasteiger partial charge in [-0.25, -0.2) is 4.98 Å². The summed E-state index contributed by atoms with van der Waals surface area (Å²) >= 11 is 0. The van der Waals surface area contributed by atoms with Crippen LogP contribution in [0.25, 0.3) is 0 Å². The maximum absolute atomic E-state index is 11.0.